The standard InChI is InChI=1S/C21H26N4O5S/c1-30-18-6-8-19(9-7-18)31(28,29)25-13-3-4-16(15-25)21(27)23-12-10-20(26)24-17-5-2-11-22-14-17/h2,5-9,11,14,16H,3-4,10,12-13,15H2,1H3,(H,23,27)(H,24,26)/t16-/m0/s1. The van der Waals surface area contributed by atoms with Gasteiger partial charge in [-0.15, -0.1) is 0 Å². The summed E-state index contributed by atoms with van der Waals surface area (Å²) in [6, 6.07) is 9.63. The van der Waals surface area contributed by atoms with Gasteiger partial charge in [0.2, 0.25) is 21.8 Å². The van der Waals surface area contributed by atoms with Gasteiger partial charge in [-0.2, -0.15) is 4.31 Å². The molecule has 1 fully saturated rings. The normalized spacial score (nSPS) is 17.0. The largest absolute Gasteiger partial charge is 0.497 e. The first-order valence-corrected chi connectivity index (χ1v) is 11.5. The molecule has 0 spiro atoms. The molecule has 1 saturated heterocycles. The molecule has 0 aliphatic carbocycles. The summed E-state index contributed by atoms with van der Waals surface area (Å²) in [5.41, 5.74) is 0.588. The van der Waals surface area contributed by atoms with Crippen molar-refractivity contribution in [1.82, 2.24) is 14.6 Å². The minimum absolute atomic E-state index is 0.112. The fourth-order valence-electron chi connectivity index (χ4n) is 3.38. The Balaban J connectivity index is 1.51. The summed E-state index contributed by atoms with van der Waals surface area (Å²) in [4.78, 5) is 28.6. The monoisotopic (exact) mass is 446 g/mol. The second kappa shape index (κ2) is 10.4. The number of hydrogen-bond acceptors (Lipinski definition) is 6. The van der Waals surface area contributed by atoms with E-state index < -0.39 is 15.9 Å². The Bertz CT molecular complexity index is 996. The van der Waals surface area contributed by atoms with Crippen LogP contribution in [0.5, 0.6) is 5.75 Å². The number of hydrogen-bond donors (Lipinski definition) is 2. The van der Waals surface area contributed by atoms with Crippen LogP contribution in [0.2, 0.25) is 0 Å². The maximum absolute atomic E-state index is 12.9. The Morgan fingerprint density at radius 3 is 2.68 bits per heavy atom. The molecule has 1 aromatic carbocycles. The maximum atomic E-state index is 12.9. The third-order valence-corrected chi connectivity index (χ3v) is 6.93. The van der Waals surface area contributed by atoms with Crippen LogP contribution in [0.25, 0.3) is 0 Å². The molecule has 1 atom stereocenters. The molecule has 2 aromatic rings. The van der Waals surface area contributed by atoms with E-state index in [2.05, 4.69) is 15.6 Å². The first-order valence-electron chi connectivity index (χ1n) is 10.0. The molecule has 2 N–H and O–H groups in total. The third kappa shape index (κ3) is 6.02. The van der Waals surface area contributed by atoms with Crippen molar-refractivity contribution in [2.75, 3.05) is 32.1 Å². The highest BCUT2D eigenvalue weighted by atomic mass is 32.2. The van der Waals surface area contributed by atoms with Crippen LogP contribution in [0.15, 0.2) is 53.7 Å². The van der Waals surface area contributed by atoms with Crippen LogP contribution in [-0.4, -0.2) is 56.3 Å². The molecule has 0 bridgehead atoms. The number of nitrogens with one attached hydrogen (secondary N) is 2. The molecule has 1 aliphatic heterocycles. The highest BCUT2D eigenvalue weighted by Gasteiger charge is 2.33. The van der Waals surface area contributed by atoms with Crippen molar-refractivity contribution < 1.29 is 22.7 Å². The smallest absolute Gasteiger partial charge is 0.243 e. The van der Waals surface area contributed by atoms with E-state index in [1.165, 1.54) is 29.7 Å². The Hall–Kier alpha value is -2.98. The predicted molar refractivity (Wildman–Crippen MR) is 115 cm³/mol. The second-order valence-corrected chi connectivity index (χ2v) is 9.15. The van der Waals surface area contributed by atoms with Crippen molar-refractivity contribution in [3.05, 3.63) is 48.8 Å². The van der Waals surface area contributed by atoms with E-state index in [9.17, 15) is 18.0 Å². The number of pyridine rings is 1. The molecule has 1 aliphatic rings. The summed E-state index contributed by atoms with van der Waals surface area (Å²) < 4.78 is 32.3. The Labute approximate surface area is 181 Å². The molecule has 0 unspecified atom stereocenters. The van der Waals surface area contributed by atoms with E-state index in [4.69, 9.17) is 4.74 Å². The predicted octanol–water partition coefficient (Wildman–Crippen LogP) is 1.64. The van der Waals surface area contributed by atoms with Gasteiger partial charge in [0.25, 0.3) is 0 Å². The van der Waals surface area contributed by atoms with Crippen LogP contribution >= 0.6 is 0 Å². The molecular weight excluding hydrogens is 420 g/mol. The summed E-state index contributed by atoms with van der Waals surface area (Å²) in [6.07, 6.45) is 4.45. The number of rotatable bonds is 8. The lowest BCUT2D eigenvalue weighted by Gasteiger charge is -2.31. The summed E-state index contributed by atoms with van der Waals surface area (Å²) in [7, 11) is -2.18. The maximum Gasteiger partial charge on any atom is 0.243 e. The molecule has 0 saturated carbocycles. The molecule has 2 heterocycles. The lowest BCUT2D eigenvalue weighted by atomic mass is 9.99. The SMILES string of the molecule is COc1ccc(S(=O)(=O)N2CCC[C@H](C(=O)NCCC(=O)Nc3cccnc3)C2)cc1. The first kappa shape index (κ1) is 22.7. The average Bonchev–Trinajstić information content (AvgIpc) is 2.79. The van der Waals surface area contributed by atoms with E-state index >= 15 is 0 Å². The van der Waals surface area contributed by atoms with Crippen molar-refractivity contribution in [2.45, 2.75) is 24.2 Å². The lowest BCUT2D eigenvalue weighted by Crippen LogP contribution is -2.45. The topological polar surface area (TPSA) is 118 Å². The van der Waals surface area contributed by atoms with Gasteiger partial charge in [-0.1, -0.05) is 0 Å². The van der Waals surface area contributed by atoms with E-state index in [1.807, 2.05) is 0 Å². The van der Waals surface area contributed by atoms with Crippen molar-refractivity contribution in [1.29, 1.82) is 0 Å². The summed E-state index contributed by atoms with van der Waals surface area (Å²) in [5, 5.41) is 5.44. The number of anilines is 1. The van der Waals surface area contributed by atoms with Gasteiger partial charge < -0.3 is 15.4 Å². The zero-order chi connectivity index (χ0) is 22.3. The van der Waals surface area contributed by atoms with Crippen LogP contribution in [0, 0.1) is 5.92 Å². The van der Waals surface area contributed by atoms with Crippen LogP contribution in [0.3, 0.4) is 0 Å². The van der Waals surface area contributed by atoms with Gasteiger partial charge in [-0.05, 0) is 49.2 Å². The van der Waals surface area contributed by atoms with Crippen LogP contribution in [0.4, 0.5) is 5.69 Å². The van der Waals surface area contributed by atoms with Gasteiger partial charge in [0.15, 0.2) is 0 Å². The highest BCUT2D eigenvalue weighted by Crippen LogP contribution is 2.25. The molecule has 166 valence electrons. The van der Waals surface area contributed by atoms with Gasteiger partial charge in [-0.3, -0.25) is 14.6 Å². The highest BCUT2D eigenvalue weighted by molar-refractivity contribution is 7.89. The molecule has 0 radical (unpaired) electrons. The van der Waals surface area contributed by atoms with E-state index in [0.717, 1.165) is 0 Å². The van der Waals surface area contributed by atoms with Crippen molar-refractivity contribution >= 4 is 27.5 Å². The summed E-state index contributed by atoms with van der Waals surface area (Å²) in [5.74, 6) is -0.366. The Morgan fingerprint density at radius 2 is 2.00 bits per heavy atom. The number of piperidine rings is 1. The van der Waals surface area contributed by atoms with Gasteiger partial charge in [0.05, 0.1) is 29.8 Å². The number of carbonyl (C=O) groups is 2. The van der Waals surface area contributed by atoms with Crippen LogP contribution in [0.1, 0.15) is 19.3 Å². The molecular formula is C21H26N4O5S. The number of aromatic nitrogens is 1. The quantitative estimate of drug-likeness (QED) is 0.637. The molecule has 3 rings (SSSR count). The fraction of sp³-hybridized carbons (Fsp3) is 0.381. The number of benzene rings is 1. The van der Waals surface area contributed by atoms with Crippen LogP contribution in [-0.2, 0) is 19.6 Å². The van der Waals surface area contributed by atoms with Crippen molar-refractivity contribution in [3.63, 3.8) is 0 Å². The number of ether oxygens (including phenoxy) is 1. The molecule has 9 nitrogen and oxygen atoms in total. The van der Waals surface area contributed by atoms with E-state index in [1.54, 1.807) is 30.5 Å². The Morgan fingerprint density at radius 1 is 1.23 bits per heavy atom. The molecule has 10 heteroatoms. The number of nitrogens with zero attached hydrogens (tertiary/aromatic N) is 2. The summed E-state index contributed by atoms with van der Waals surface area (Å²) >= 11 is 0. The van der Waals surface area contributed by atoms with Gasteiger partial charge in [-0.25, -0.2) is 8.42 Å². The van der Waals surface area contributed by atoms with Crippen molar-refractivity contribution in [3.8, 4) is 5.75 Å². The Kier molecular flexibility index (Phi) is 7.59. The number of methoxy groups -OCH3 is 1. The van der Waals surface area contributed by atoms with Gasteiger partial charge in [0.1, 0.15) is 5.75 Å². The molecule has 2 amide bonds. The average molecular weight is 447 g/mol. The second-order valence-electron chi connectivity index (χ2n) is 7.21. The fourth-order valence-corrected chi connectivity index (χ4v) is 4.90. The zero-order valence-corrected chi connectivity index (χ0v) is 18.1. The first-order chi connectivity index (χ1) is 14.9. The number of carbonyl (C=O) groups excluding carboxylic acids is 2. The third-order valence-electron chi connectivity index (χ3n) is 5.05. The van der Waals surface area contributed by atoms with Gasteiger partial charge >= 0.3 is 0 Å². The lowest BCUT2D eigenvalue weighted by molar-refractivity contribution is -0.126. The van der Waals surface area contributed by atoms with E-state index in [0.29, 0.717) is 30.8 Å². The van der Waals surface area contributed by atoms with Crippen molar-refractivity contribution in [2.24, 2.45) is 5.92 Å². The number of sulfonamides is 1. The molecule has 31 heavy (non-hydrogen) atoms. The van der Waals surface area contributed by atoms with Crippen LogP contribution < -0.4 is 15.4 Å². The van der Waals surface area contributed by atoms with Gasteiger partial charge in [0, 0.05) is 32.3 Å². The summed E-state index contributed by atoms with van der Waals surface area (Å²) in [6.45, 7) is 0.653. The zero-order valence-electron chi connectivity index (χ0n) is 17.3. The molecule has 1 aromatic heterocycles. The minimum Gasteiger partial charge on any atom is -0.497 e. The van der Waals surface area contributed by atoms with E-state index in [-0.39, 0.29) is 36.2 Å². The number of amides is 2. The minimum atomic E-state index is -3.69.